The lowest BCUT2D eigenvalue weighted by molar-refractivity contribution is 0.0696. The summed E-state index contributed by atoms with van der Waals surface area (Å²) in [5, 5.41) is 18.9. The monoisotopic (exact) mass is 353 g/mol. The maximum atomic E-state index is 12.9. The van der Waals surface area contributed by atoms with Gasteiger partial charge in [0.15, 0.2) is 0 Å². The second-order valence-corrected chi connectivity index (χ2v) is 5.69. The van der Waals surface area contributed by atoms with E-state index in [1.54, 1.807) is 24.3 Å². The SMILES string of the molecule is O=C(O)c1ccc(C(O)C=Cc2ccc(Cc3ccc(F)cc3)o2)nc1. The molecule has 3 aromatic rings. The molecule has 0 aliphatic rings. The summed E-state index contributed by atoms with van der Waals surface area (Å²) in [4.78, 5) is 14.7. The highest BCUT2D eigenvalue weighted by atomic mass is 19.1. The number of rotatable bonds is 6. The molecule has 0 amide bonds. The van der Waals surface area contributed by atoms with Crippen LogP contribution in [-0.2, 0) is 6.42 Å². The first-order chi connectivity index (χ1) is 12.5. The minimum Gasteiger partial charge on any atom is -0.478 e. The number of aliphatic hydroxyl groups is 1. The number of aliphatic hydroxyl groups excluding tert-OH is 1. The summed E-state index contributed by atoms with van der Waals surface area (Å²) in [6, 6.07) is 12.6. The molecule has 1 atom stereocenters. The number of carboxylic acids is 1. The summed E-state index contributed by atoms with van der Waals surface area (Å²) >= 11 is 0. The van der Waals surface area contributed by atoms with Gasteiger partial charge in [0.25, 0.3) is 0 Å². The van der Waals surface area contributed by atoms with E-state index in [0.29, 0.717) is 17.9 Å². The third kappa shape index (κ3) is 4.43. The van der Waals surface area contributed by atoms with Crippen molar-refractivity contribution in [3.05, 3.63) is 95.0 Å². The topological polar surface area (TPSA) is 83.6 Å². The van der Waals surface area contributed by atoms with Crippen LogP contribution in [-0.4, -0.2) is 21.2 Å². The molecule has 3 rings (SSSR count). The molecule has 6 heteroatoms. The van der Waals surface area contributed by atoms with Gasteiger partial charge in [-0.15, -0.1) is 0 Å². The maximum absolute atomic E-state index is 12.9. The average molecular weight is 353 g/mol. The Balaban J connectivity index is 1.64. The third-order valence-corrected chi connectivity index (χ3v) is 3.75. The Kier molecular flexibility index (Phi) is 5.24. The molecule has 2 aromatic heterocycles. The second-order valence-electron chi connectivity index (χ2n) is 5.69. The molecule has 132 valence electrons. The number of furan rings is 1. The van der Waals surface area contributed by atoms with Crippen LogP contribution in [0.4, 0.5) is 4.39 Å². The molecular weight excluding hydrogens is 337 g/mol. The second kappa shape index (κ2) is 7.76. The number of hydrogen-bond acceptors (Lipinski definition) is 4. The van der Waals surface area contributed by atoms with E-state index in [0.717, 1.165) is 11.3 Å². The van der Waals surface area contributed by atoms with Gasteiger partial charge >= 0.3 is 5.97 Å². The number of carbonyl (C=O) groups is 1. The van der Waals surface area contributed by atoms with Gasteiger partial charge in [-0.2, -0.15) is 0 Å². The summed E-state index contributed by atoms with van der Waals surface area (Å²) < 4.78 is 18.6. The van der Waals surface area contributed by atoms with E-state index in [4.69, 9.17) is 9.52 Å². The number of pyridine rings is 1. The van der Waals surface area contributed by atoms with Crippen LogP contribution in [0.5, 0.6) is 0 Å². The van der Waals surface area contributed by atoms with Gasteiger partial charge in [0.05, 0.1) is 11.3 Å². The van der Waals surface area contributed by atoms with Crippen LogP contribution >= 0.6 is 0 Å². The lowest BCUT2D eigenvalue weighted by Gasteiger charge is -2.04. The van der Waals surface area contributed by atoms with Crippen LogP contribution in [0.15, 0.2) is 65.2 Å². The Morgan fingerprint density at radius 1 is 1.15 bits per heavy atom. The molecule has 0 saturated heterocycles. The first-order valence-corrected chi connectivity index (χ1v) is 7.90. The summed E-state index contributed by atoms with van der Waals surface area (Å²) in [7, 11) is 0. The van der Waals surface area contributed by atoms with Gasteiger partial charge in [0.2, 0.25) is 0 Å². The average Bonchev–Trinajstić information content (AvgIpc) is 3.09. The van der Waals surface area contributed by atoms with E-state index in [1.807, 2.05) is 6.07 Å². The molecule has 5 nitrogen and oxygen atoms in total. The number of aromatic nitrogens is 1. The Labute approximate surface area is 149 Å². The Morgan fingerprint density at radius 2 is 1.92 bits per heavy atom. The lowest BCUT2D eigenvalue weighted by atomic mass is 10.1. The van der Waals surface area contributed by atoms with Crippen molar-refractivity contribution in [2.24, 2.45) is 0 Å². The van der Waals surface area contributed by atoms with E-state index in [9.17, 15) is 14.3 Å². The van der Waals surface area contributed by atoms with Gasteiger partial charge < -0.3 is 14.6 Å². The van der Waals surface area contributed by atoms with Crippen molar-refractivity contribution in [1.29, 1.82) is 0 Å². The minimum atomic E-state index is -1.07. The van der Waals surface area contributed by atoms with E-state index in [1.165, 1.54) is 36.5 Å². The number of carboxylic acid groups (broad SMARTS) is 1. The van der Waals surface area contributed by atoms with Crippen LogP contribution in [0.2, 0.25) is 0 Å². The standard InChI is InChI=1S/C20H16FNO4/c21-15-4-1-13(2-5-15)11-17-7-6-16(26-17)8-10-19(23)18-9-3-14(12-22-18)20(24)25/h1-10,12,19,23H,11H2,(H,24,25). The van der Waals surface area contributed by atoms with E-state index >= 15 is 0 Å². The van der Waals surface area contributed by atoms with E-state index < -0.39 is 12.1 Å². The minimum absolute atomic E-state index is 0.0569. The summed E-state index contributed by atoms with van der Waals surface area (Å²) in [5.41, 5.74) is 1.32. The van der Waals surface area contributed by atoms with Gasteiger partial charge in [-0.3, -0.25) is 4.98 Å². The van der Waals surface area contributed by atoms with Gasteiger partial charge in [-0.1, -0.05) is 12.1 Å². The normalized spacial score (nSPS) is 12.4. The smallest absolute Gasteiger partial charge is 0.337 e. The molecule has 0 saturated carbocycles. The lowest BCUT2D eigenvalue weighted by Crippen LogP contribution is -2.01. The van der Waals surface area contributed by atoms with Crippen molar-refractivity contribution >= 4 is 12.0 Å². The maximum Gasteiger partial charge on any atom is 0.337 e. The van der Waals surface area contributed by atoms with Crippen molar-refractivity contribution in [2.75, 3.05) is 0 Å². The molecule has 1 unspecified atom stereocenters. The first-order valence-electron chi connectivity index (χ1n) is 7.90. The molecule has 0 fully saturated rings. The molecule has 26 heavy (non-hydrogen) atoms. The highest BCUT2D eigenvalue weighted by Crippen LogP contribution is 2.18. The molecule has 1 aromatic carbocycles. The predicted molar refractivity (Wildman–Crippen MR) is 93.1 cm³/mol. The fraction of sp³-hybridized carbons (Fsp3) is 0.100. The highest BCUT2D eigenvalue weighted by molar-refractivity contribution is 5.87. The summed E-state index contributed by atoms with van der Waals surface area (Å²) in [6.45, 7) is 0. The quantitative estimate of drug-likeness (QED) is 0.703. The van der Waals surface area contributed by atoms with Crippen LogP contribution in [0.1, 0.15) is 39.2 Å². The van der Waals surface area contributed by atoms with Crippen LogP contribution in [0.25, 0.3) is 6.08 Å². The molecule has 0 bridgehead atoms. The van der Waals surface area contributed by atoms with Crippen molar-refractivity contribution in [3.8, 4) is 0 Å². The fourth-order valence-electron chi connectivity index (χ4n) is 2.37. The van der Waals surface area contributed by atoms with E-state index in [2.05, 4.69) is 4.98 Å². The zero-order valence-corrected chi connectivity index (χ0v) is 13.7. The zero-order chi connectivity index (χ0) is 18.5. The van der Waals surface area contributed by atoms with Gasteiger partial charge in [0, 0.05) is 12.6 Å². The molecule has 0 aliphatic carbocycles. The Bertz CT molecular complexity index is 914. The summed E-state index contributed by atoms with van der Waals surface area (Å²) in [5.74, 6) is -0.0767. The molecular formula is C20H16FNO4. The van der Waals surface area contributed by atoms with Crippen molar-refractivity contribution in [3.63, 3.8) is 0 Å². The highest BCUT2D eigenvalue weighted by Gasteiger charge is 2.08. The zero-order valence-electron chi connectivity index (χ0n) is 13.7. The number of hydrogen-bond donors (Lipinski definition) is 2. The Morgan fingerprint density at radius 3 is 2.58 bits per heavy atom. The largest absolute Gasteiger partial charge is 0.478 e. The molecule has 2 N–H and O–H groups in total. The fourth-order valence-corrected chi connectivity index (χ4v) is 2.37. The first kappa shape index (κ1) is 17.6. The third-order valence-electron chi connectivity index (χ3n) is 3.75. The number of halogens is 1. The van der Waals surface area contributed by atoms with Gasteiger partial charge in [-0.05, 0) is 54.1 Å². The van der Waals surface area contributed by atoms with Crippen LogP contribution < -0.4 is 0 Å². The van der Waals surface area contributed by atoms with Crippen molar-refractivity contribution in [1.82, 2.24) is 4.98 Å². The van der Waals surface area contributed by atoms with Gasteiger partial charge in [-0.25, -0.2) is 9.18 Å². The number of aromatic carboxylic acids is 1. The molecule has 0 radical (unpaired) electrons. The van der Waals surface area contributed by atoms with Crippen molar-refractivity contribution < 1.29 is 23.8 Å². The molecule has 2 heterocycles. The molecule has 0 spiro atoms. The van der Waals surface area contributed by atoms with Crippen molar-refractivity contribution in [2.45, 2.75) is 12.5 Å². The number of nitrogens with zero attached hydrogens (tertiary/aromatic N) is 1. The van der Waals surface area contributed by atoms with Crippen LogP contribution in [0, 0.1) is 5.82 Å². The van der Waals surface area contributed by atoms with Gasteiger partial charge in [0.1, 0.15) is 23.4 Å². The number of benzene rings is 1. The predicted octanol–water partition coefficient (Wildman–Crippen LogP) is 3.85. The summed E-state index contributed by atoms with van der Waals surface area (Å²) in [6.07, 6.45) is 3.87. The van der Waals surface area contributed by atoms with Crippen LogP contribution in [0.3, 0.4) is 0 Å². The Hall–Kier alpha value is -3.25. The molecule has 0 aliphatic heterocycles. The van der Waals surface area contributed by atoms with E-state index in [-0.39, 0.29) is 11.4 Å².